The largest absolute Gasteiger partial charge is 0.486 e. The highest BCUT2D eigenvalue weighted by Gasteiger charge is 2.26. The third-order valence-electron chi connectivity index (χ3n) is 4.08. The fourth-order valence-corrected chi connectivity index (χ4v) is 3.77. The number of carbonyl (C=O) groups is 1. The van der Waals surface area contributed by atoms with Crippen molar-refractivity contribution < 1.29 is 14.3 Å². The minimum absolute atomic E-state index is 0.0402. The van der Waals surface area contributed by atoms with E-state index in [0.29, 0.717) is 46.0 Å². The Kier molecular flexibility index (Phi) is 3.74. The Labute approximate surface area is 141 Å². The zero-order valence-corrected chi connectivity index (χ0v) is 13.9. The quantitative estimate of drug-likeness (QED) is 0.746. The number of ketones is 1. The van der Waals surface area contributed by atoms with Crippen LogP contribution < -0.4 is 29.5 Å². The predicted molar refractivity (Wildman–Crippen MR) is 91.1 cm³/mol. The lowest BCUT2D eigenvalue weighted by atomic mass is 10.2. The molecule has 4 rings (SSSR count). The molecule has 2 aliphatic rings. The molecule has 2 aliphatic heterocycles. The van der Waals surface area contributed by atoms with Gasteiger partial charge in [-0.25, -0.2) is 0 Å². The van der Waals surface area contributed by atoms with Gasteiger partial charge in [0.05, 0.1) is 10.6 Å². The lowest BCUT2D eigenvalue weighted by molar-refractivity contribution is -0.114. The Morgan fingerprint density at radius 2 is 2.00 bits per heavy atom. The number of aromatic nitrogens is 1. The number of rotatable bonds is 1. The van der Waals surface area contributed by atoms with E-state index >= 15 is 0 Å². The number of benzene rings is 1. The zero-order valence-electron chi connectivity index (χ0n) is 13.0. The van der Waals surface area contributed by atoms with Crippen LogP contribution in [0.4, 0.5) is 0 Å². The molecule has 1 aromatic heterocycles. The van der Waals surface area contributed by atoms with Gasteiger partial charge < -0.3 is 19.8 Å². The molecular weight excluding hydrogens is 328 g/mol. The summed E-state index contributed by atoms with van der Waals surface area (Å²) in [7, 11) is 0. The Morgan fingerprint density at radius 3 is 2.75 bits per heavy atom. The summed E-state index contributed by atoms with van der Waals surface area (Å²) >= 11 is 1.30. The molecule has 3 heterocycles. The summed E-state index contributed by atoms with van der Waals surface area (Å²) < 4.78 is 12.2. The minimum atomic E-state index is -0.198. The molecule has 0 saturated carbocycles. The molecule has 1 unspecified atom stereocenters. The first-order chi connectivity index (χ1) is 11.6. The SMILES string of the molecule is CC1NC/C(=c2/[nH]c(=O)/c(=C/c3ccc4c(c3)OCCO4)s2)C1=O. The van der Waals surface area contributed by atoms with Crippen LogP contribution >= 0.6 is 11.3 Å². The monoisotopic (exact) mass is 344 g/mol. The van der Waals surface area contributed by atoms with Crippen LogP contribution in [0.2, 0.25) is 0 Å². The van der Waals surface area contributed by atoms with Crippen LogP contribution in [0.15, 0.2) is 23.0 Å². The molecule has 1 saturated heterocycles. The van der Waals surface area contributed by atoms with Gasteiger partial charge in [-0.15, -0.1) is 11.3 Å². The average molecular weight is 344 g/mol. The molecule has 0 amide bonds. The lowest BCUT2D eigenvalue weighted by Crippen LogP contribution is -2.22. The summed E-state index contributed by atoms with van der Waals surface area (Å²) in [5.41, 5.74) is 1.31. The zero-order chi connectivity index (χ0) is 16.7. The Morgan fingerprint density at radius 1 is 1.21 bits per heavy atom. The van der Waals surface area contributed by atoms with Crippen LogP contribution in [-0.2, 0) is 4.79 Å². The Balaban J connectivity index is 1.78. The van der Waals surface area contributed by atoms with Gasteiger partial charge in [-0.2, -0.15) is 0 Å². The van der Waals surface area contributed by atoms with Crippen LogP contribution in [0.3, 0.4) is 0 Å². The number of ether oxygens (including phenoxy) is 2. The fraction of sp³-hybridized carbons (Fsp3) is 0.294. The maximum absolute atomic E-state index is 12.2. The third kappa shape index (κ3) is 2.65. The molecule has 6 nitrogen and oxygen atoms in total. The highest BCUT2D eigenvalue weighted by molar-refractivity contribution is 7.07. The van der Waals surface area contributed by atoms with Crippen LogP contribution in [0.25, 0.3) is 11.6 Å². The topological polar surface area (TPSA) is 80.4 Å². The number of aromatic amines is 1. The van der Waals surface area contributed by atoms with Crippen molar-refractivity contribution >= 4 is 28.8 Å². The highest BCUT2D eigenvalue weighted by Crippen LogP contribution is 2.30. The van der Waals surface area contributed by atoms with E-state index in [2.05, 4.69) is 10.3 Å². The molecule has 24 heavy (non-hydrogen) atoms. The van der Waals surface area contributed by atoms with Gasteiger partial charge >= 0.3 is 0 Å². The summed E-state index contributed by atoms with van der Waals surface area (Å²) in [6.45, 7) is 3.37. The number of hydrogen-bond donors (Lipinski definition) is 2. The van der Waals surface area contributed by atoms with Crippen LogP contribution in [0, 0.1) is 0 Å². The number of carbonyl (C=O) groups excluding carboxylic acids is 1. The maximum atomic E-state index is 12.2. The predicted octanol–water partition coefficient (Wildman–Crippen LogP) is -0.252. The first-order valence-corrected chi connectivity index (χ1v) is 8.55. The second kappa shape index (κ2) is 5.92. The van der Waals surface area contributed by atoms with E-state index < -0.39 is 0 Å². The molecule has 0 aliphatic carbocycles. The molecule has 7 heteroatoms. The molecule has 1 aromatic carbocycles. The summed E-state index contributed by atoms with van der Waals surface area (Å²) in [5.74, 6) is 1.44. The second-order valence-corrected chi connectivity index (χ2v) is 6.79. The van der Waals surface area contributed by atoms with Gasteiger partial charge in [-0.05, 0) is 30.7 Å². The normalized spacial score (nSPS) is 23.0. The van der Waals surface area contributed by atoms with E-state index in [4.69, 9.17) is 9.47 Å². The van der Waals surface area contributed by atoms with Crippen LogP contribution in [0.5, 0.6) is 11.5 Å². The molecule has 0 bridgehead atoms. The molecule has 0 radical (unpaired) electrons. The van der Waals surface area contributed by atoms with Crippen molar-refractivity contribution in [3.63, 3.8) is 0 Å². The molecule has 2 N–H and O–H groups in total. The maximum Gasteiger partial charge on any atom is 0.266 e. The van der Waals surface area contributed by atoms with E-state index in [1.165, 1.54) is 11.3 Å². The number of hydrogen-bond acceptors (Lipinski definition) is 6. The lowest BCUT2D eigenvalue weighted by Gasteiger charge is -2.18. The van der Waals surface area contributed by atoms with Gasteiger partial charge in [-0.3, -0.25) is 9.59 Å². The number of thiazole rings is 1. The Bertz CT molecular complexity index is 989. The number of Topliss-reactive ketones (excluding diaryl/α,β-unsaturated/α-hetero) is 1. The first-order valence-electron chi connectivity index (χ1n) is 7.73. The van der Waals surface area contributed by atoms with Crippen molar-refractivity contribution in [3.8, 4) is 11.5 Å². The van der Waals surface area contributed by atoms with Crippen molar-refractivity contribution in [3.05, 3.63) is 43.3 Å². The van der Waals surface area contributed by atoms with Gasteiger partial charge in [0.1, 0.15) is 17.9 Å². The van der Waals surface area contributed by atoms with Gasteiger partial charge in [0.15, 0.2) is 17.3 Å². The van der Waals surface area contributed by atoms with Gasteiger partial charge in [0.25, 0.3) is 5.56 Å². The molecular formula is C17H16N2O4S. The molecule has 124 valence electrons. The van der Waals surface area contributed by atoms with Crippen molar-refractivity contribution in [2.45, 2.75) is 13.0 Å². The summed E-state index contributed by atoms with van der Waals surface area (Å²) in [5, 5.41) is 3.09. The third-order valence-corrected chi connectivity index (χ3v) is 5.15. The fourth-order valence-electron chi connectivity index (χ4n) is 2.77. The van der Waals surface area contributed by atoms with E-state index in [1.807, 2.05) is 25.1 Å². The van der Waals surface area contributed by atoms with Gasteiger partial charge in [-0.1, -0.05) is 6.07 Å². The molecule has 1 atom stereocenters. The van der Waals surface area contributed by atoms with Gasteiger partial charge in [0, 0.05) is 12.1 Å². The van der Waals surface area contributed by atoms with E-state index in [9.17, 15) is 9.59 Å². The first kappa shape index (κ1) is 15.2. The second-order valence-electron chi connectivity index (χ2n) is 5.74. The summed E-state index contributed by atoms with van der Waals surface area (Å²) in [4.78, 5) is 27.1. The summed E-state index contributed by atoms with van der Waals surface area (Å²) in [6, 6.07) is 5.37. The number of fused-ring (bicyclic) bond motifs is 1. The van der Waals surface area contributed by atoms with Gasteiger partial charge in [0.2, 0.25) is 0 Å². The summed E-state index contributed by atoms with van der Waals surface area (Å²) in [6.07, 6.45) is 1.79. The number of H-pyrrole nitrogens is 1. The van der Waals surface area contributed by atoms with Crippen molar-refractivity contribution in [2.75, 3.05) is 19.8 Å². The Hall–Kier alpha value is -2.38. The van der Waals surface area contributed by atoms with Crippen LogP contribution in [0.1, 0.15) is 12.5 Å². The average Bonchev–Trinajstić information content (AvgIpc) is 3.11. The van der Waals surface area contributed by atoms with E-state index in [1.54, 1.807) is 6.08 Å². The molecule has 1 fully saturated rings. The van der Waals surface area contributed by atoms with Crippen molar-refractivity contribution in [1.82, 2.24) is 10.3 Å². The van der Waals surface area contributed by atoms with Crippen molar-refractivity contribution in [2.24, 2.45) is 0 Å². The minimum Gasteiger partial charge on any atom is -0.486 e. The van der Waals surface area contributed by atoms with E-state index in [0.717, 1.165) is 5.56 Å². The standard InChI is InChI=1S/C17H16N2O4S/c1-9-15(20)11(8-18-9)17-19-16(21)14(24-17)7-10-2-3-12-13(6-10)23-5-4-22-12/h2-3,6-7,9,18H,4-5,8H2,1H3,(H,19,21)/b14-7-,17-11+. The van der Waals surface area contributed by atoms with E-state index in [-0.39, 0.29) is 17.4 Å². The molecule has 0 spiro atoms. The number of nitrogens with one attached hydrogen (secondary N) is 2. The smallest absolute Gasteiger partial charge is 0.266 e. The highest BCUT2D eigenvalue weighted by atomic mass is 32.1. The van der Waals surface area contributed by atoms with Crippen LogP contribution in [-0.4, -0.2) is 36.6 Å². The molecule has 2 aromatic rings. The van der Waals surface area contributed by atoms with Crippen molar-refractivity contribution in [1.29, 1.82) is 0 Å².